The van der Waals surface area contributed by atoms with E-state index in [1.807, 2.05) is 4.90 Å². The van der Waals surface area contributed by atoms with Crippen LogP contribution >= 0.6 is 11.6 Å². The highest BCUT2D eigenvalue weighted by molar-refractivity contribution is 6.30. The number of rotatable bonds is 8. The van der Waals surface area contributed by atoms with Gasteiger partial charge < -0.3 is 19.1 Å². The van der Waals surface area contributed by atoms with E-state index in [0.717, 1.165) is 24.6 Å². The average Bonchev–Trinajstić information content (AvgIpc) is 3.28. The molecule has 2 aromatic carbocycles. The van der Waals surface area contributed by atoms with Crippen molar-refractivity contribution < 1.29 is 41.3 Å². The fourth-order valence-corrected chi connectivity index (χ4v) is 5.71. The Morgan fingerprint density at radius 1 is 1.16 bits per heavy atom. The van der Waals surface area contributed by atoms with E-state index in [1.54, 1.807) is 11.5 Å². The lowest BCUT2D eigenvalue weighted by atomic mass is 9.97. The van der Waals surface area contributed by atoms with Gasteiger partial charge in [0.15, 0.2) is 5.82 Å². The maximum absolute atomic E-state index is 15.0. The predicted molar refractivity (Wildman–Crippen MR) is 149 cm³/mol. The van der Waals surface area contributed by atoms with E-state index in [-0.39, 0.29) is 40.7 Å². The number of fused-ring (bicyclic) bond motifs is 2. The molecule has 232 valence electrons. The summed E-state index contributed by atoms with van der Waals surface area (Å²) in [5, 5.41) is 9.61. The average molecular weight is 637 g/mol. The molecule has 14 heteroatoms. The molecule has 0 amide bonds. The van der Waals surface area contributed by atoms with E-state index in [9.17, 15) is 31.9 Å². The lowest BCUT2D eigenvalue weighted by Gasteiger charge is -2.35. The molecule has 1 fully saturated rings. The van der Waals surface area contributed by atoms with Crippen LogP contribution in [0.1, 0.15) is 58.0 Å². The quantitative estimate of drug-likeness (QED) is 0.219. The summed E-state index contributed by atoms with van der Waals surface area (Å²) in [5.74, 6) is -2.98. The number of hydrogen-bond donors (Lipinski definition) is 1. The highest BCUT2D eigenvalue weighted by Crippen LogP contribution is 2.40. The van der Waals surface area contributed by atoms with Crippen LogP contribution in [0, 0.1) is 11.6 Å². The molecule has 2 aromatic heterocycles. The lowest BCUT2D eigenvalue weighted by molar-refractivity contribution is -0.139. The number of halogens is 6. The first-order valence-corrected chi connectivity index (χ1v) is 14.2. The number of aromatic nitrogens is 3. The lowest BCUT2D eigenvalue weighted by Crippen LogP contribution is -2.36. The minimum Gasteiger partial charge on any atom is -0.478 e. The number of imidazole rings is 1. The first-order chi connectivity index (χ1) is 20.9. The third kappa shape index (κ3) is 5.83. The monoisotopic (exact) mass is 636 g/mol. The van der Waals surface area contributed by atoms with E-state index in [4.69, 9.17) is 21.1 Å². The van der Waals surface area contributed by atoms with E-state index >= 15 is 0 Å². The van der Waals surface area contributed by atoms with Gasteiger partial charge in [0.25, 0.3) is 0 Å². The van der Waals surface area contributed by atoms with Crippen LogP contribution in [0.25, 0.3) is 11.0 Å². The molecular weight excluding hydrogens is 611 g/mol. The Morgan fingerprint density at radius 3 is 2.59 bits per heavy atom. The Morgan fingerprint density at radius 2 is 1.93 bits per heavy atom. The van der Waals surface area contributed by atoms with Gasteiger partial charge in [0.1, 0.15) is 29.3 Å². The van der Waals surface area contributed by atoms with Crippen LogP contribution in [-0.2, 0) is 37.0 Å². The Hall–Kier alpha value is -3.81. The number of ether oxygens (including phenoxy) is 2. The standard InChI is InChI=1S/C30H26ClF5N4O4/c1-15-26-16(8-21(30(34,35)36)28(38-26)44-14-17-2-3-19(31)11-22(17)32)4-6-39(15)13-25-37-27-23(33)9-18(29(41)42)10-24(27)40(25)12-20-5-7-43-20/h2-3,8-11,15,20H,4-7,12-14H2,1H3,(H,41,42)/t15-,20-/m0/s1. The van der Waals surface area contributed by atoms with Crippen molar-refractivity contribution in [3.63, 3.8) is 0 Å². The second kappa shape index (κ2) is 11.6. The highest BCUT2D eigenvalue weighted by Gasteiger charge is 2.39. The summed E-state index contributed by atoms with van der Waals surface area (Å²) >= 11 is 5.78. The van der Waals surface area contributed by atoms with Crippen molar-refractivity contribution in [2.75, 3.05) is 13.2 Å². The summed E-state index contributed by atoms with van der Waals surface area (Å²) in [6.45, 7) is 2.74. The number of aromatic carboxylic acids is 1. The number of carboxylic acid groups (broad SMARTS) is 1. The molecule has 0 bridgehead atoms. The van der Waals surface area contributed by atoms with Crippen molar-refractivity contribution >= 4 is 28.6 Å². The Labute approximate surface area is 253 Å². The maximum Gasteiger partial charge on any atom is 0.421 e. The molecule has 8 nitrogen and oxygen atoms in total. The van der Waals surface area contributed by atoms with Gasteiger partial charge in [-0.05, 0) is 55.7 Å². The molecule has 0 spiro atoms. The summed E-state index contributed by atoms with van der Waals surface area (Å²) in [7, 11) is 0. The van der Waals surface area contributed by atoms with Crippen molar-refractivity contribution in [3.8, 4) is 5.88 Å². The molecule has 6 rings (SSSR count). The zero-order valence-corrected chi connectivity index (χ0v) is 24.1. The molecular formula is C30H26ClF5N4O4. The van der Waals surface area contributed by atoms with Gasteiger partial charge in [-0.3, -0.25) is 4.90 Å². The number of carbonyl (C=O) groups is 1. The van der Waals surface area contributed by atoms with E-state index in [1.165, 1.54) is 18.2 Å². The van der Waals surface area contributed by atoms with Gasteiger partial charge >= 0.3 is 12.1 Å². The number of hydrogen-bond acceptors (Lipinski definition) is 6. The first-order valence-electron chi connectivity index (χ1n) is 13.8. The van der Waals surface area contributed by atoms with Crippen molar-refractivity contribution in [2.45, 2.75) is 57.8 Å². The second-order valence-corrected chi connectivity index (χ2v) is 11.3. The fourth-order valence-electron chi connectivity index (χ4n) is 5.55. The van der Waals surface area contributed by atoms with Crippen molar-refractivity contribution in [2.24, 2.45) is 0 Å². The molecule has 4 aromatic rings. The Balaban J connectivity index is 1.32. The number of alkyl halides is 3. The highest BCUT2D eigenvalue weighted by atomic mass is 35.5. The van der Waals surface area contributed by atoms with Crippen LogP contribution in [0.4, 0.5) is 22.0 Å². The summed E-state index contributed by atoms with van der Waals surface area (Å²) in [4.78, 5) is 22.4. The van der Waals surface area contributed by atoms with Gasteiger partial charge in [-0.15, -0.1) is 0 Å². The number of carboxylic acids is 1. The zero-order valence-electron chi connectivity index (χ0n) is 23.3. The van der Waals surface area contributed by atoms with Crippen LogP contribution < -0.4 is 4.74 Å². The molecule has 0 saturated carbocycles. The minimum absolute atomic E-state index is 0.0179. The molecule has 2 aliphatic rings. The Kier molecular flexibility index (Phi) is 7.97. The largest absolute Gasteiger partial charge is 0.478 e. The summed E-state index contributed by atoms with van der Waals surface area (Å²) in [5.41, 5.74) is -0.154. The van der Waals surface area contributed by atoms with Crippen molar-refractivity contribution in [1.82, 2.24) is 19.4 Å². The van der Waals surface area contributed by atoms with E-state index < -0.39 is 47.9 Å². The maximum atomic E-state index is 15.0. The minimum atomic E-state index is -4.76. The topological polar surface area (TPSA) is 89.7 Å². The van der Waals surface area contributed by atoms with Crippen molar-refractivity contribution in [3.05, 3.63) is 86.8 Å². The molecule has 0 unspecified atom stereocenters. The van der Waals surface area contributed by atoms with Crippen molar-refractivity contribution in [1.29, 1.82) is 0 Å². The smallest absolute Gasteiger partial charge is 0.421 e. The van der Waals surface area contributed by atoms with E-state index in [0.29, 0.717) is 42.3 Å². The van der Waals surface area contributed by atoms with Gasteiger partial charge in [-0.1, -0.05) is 17.7 Å². The molecule has 44 heavy (non-hydrogen) atoms. The molecule has 0 radical (unpaired) electrons. The SMILES string of the molecule is C[C@H]1c2nc(OCc3ccc(Cl)cc3F)c(C(F)(F)F)cc2CCN1Cc1nc2c(F)cc(C(=O)O)cc2n1C[C@@H]1CCO1. The summed E-state index contributed by atoms with van der Waals surface area (Å²) < 4.78 is 84.1. The Bertz CT molecular complexity index is 1760. The number of pyridine rings is 1. The van der Waals surface area contributed by atoms with Crippen LogP contribution in [0.15, 0.2) is 36.4 Å². The summed E-state index contributed by atoms with van der Waals surface area (Å²) in [6, 6.07) is 6.61. The zero-order chi connectivity index (χ0) is 31.3. The third-order valence-electron chi connectivity index (χ3n) is 8.05. The van der Waals surface area contributed by atoms with Crippen LogP contribution in [0.5, 0.6) is 5.88 Å². The van der Waals surface area contributed by atoms with Crippen LogP contribution in [-0.4, -0.2) is 49.8 Å². The van der Waals surface area contributed by atoms with Gasteiger partial charge in [0, 0.05) is 23.7 Å². The van der Waals surface area contributed by atoms with Gasteiger partial charge in [-0.2, -0.15) is 13.2 Å². The number of nitrogens with zero attached hydrogens (tertiary/aromatic N) is 4. The van der Waals surface area contributed by atoms with Crippen LogP contribution in [0.3, 0.4) is 0 Å². The normalized spacial score (nSPS) is 18.7. The molecule has 1 saturated heterocycles. The van der Waals surface area contributed by atoms with Gasteiger partial charge in [0.05, 0.1) is 42.0 Å². The van der Waals surface area contributed by atoms with Gasteiger partial charge in [0.2, 0.25) is 5.88 Å². The molecule has 1 N–H and O–H groups in total. The second-order valence-electron chi connectivity index (χ2n) is 10.9. The third-order valence-corrected chi connectivity index (χ3v) is 8.29. The fraction of sp³-hybridized carbons (Fsp3) is 0.367. The predicted octanol–water partition coefficient (Wildman–Crippen LogP) is 6.57. The van der Waals surface area contributed by atoms with Gasteiger partial charge in [-0.25, -0.2) is 23.5 Å². The molecule has 0 aliphatic carbocycles. The number of benzene rings is 2. The molecule has 2 atom stereocenters. The first kappa shape index (κ1) is 30.2. The van der Waals surface area contributed by atoms with E-state index in [2.05, 4.69) is 9.97 Å². The molecule has 4 heterocycles. The van der Waals surface area contributed by atoms with Crippen LogP contribution in [0.2, 0.25) is 5.02 Å². The summed E-state index contributed by atoms with van der Waals surface area (Å²) in [6.07, 6.45) is -3.88. The molecule has 2 aliphatic heterocycles.